The predicted octanol–water partition coefficient (Wildman–Crippen LogP) is 4.93. The molecule has 0 aromatic heterocycles. The highest BCUT2D eigenvalue weighted by molar-refractivity contribution is 6.31. The smallest absolute Gasteiger partial charge is 0.347 e. The van der Waals surface area contributed by atoms with Crippen LogP contribution in [-0.4, -0.2) is 34.2 Å². The highest BCUT2D eigenvalue weighted by Crippen LogP contribution is 2.25. The lowest BCUT2D eigenvalue weighted by atomic mass is 10.0. The molecule has 3 aromatic rings. The number of amides is 1. The Balaban J connectivity index is 1.56. The van der Waals surface area contributed by atoms with Crippen LogP contribution < -0.4 is 10.1 Å². The van der Waals surface area contributed by atoms with Gasteiger partial charge >= 0.3 is 5.97 Å². The molecule has 0 fully saturated rings. The van der Waals surface area contributed by atoms with Crippen LogP contribution in [0.15, 0.2) is 66.7 Å². The Morgan fingerprint density at radius 1 is 0.969 bits per heavy atom. The largest absolute Gasteiger partial charge is 0.507 e. The Labute approximate surface area is 191 Å². The Morgan fingerprint density at radius 2 is 1.56 bits per heavy atom. The number of aliphatic carboxylic acids is 1. The van der Waals surface area contributed by atoms with Crippen LogP contribution >= 0.6 is 11.6 Å². The lowest BCUT2D eigenvalue weighted by molar-refractivity contribution is -0.152. The summed E-state index contributed by atoms with van der Waals surface area (Å²) < 4.78 is 5.53. The number of carbonyl (C=O) groups is 2. The molecule has 1 amide bonds. The first-order valence-corrected chi connectivity index (χ1v) is 10.4. The van der Waals surface area contributed by atoms with E-state index in [4.69, 9.17) is 21.4 Å². The number of ether oxygens (including phenoxy) is 1. The van der Waals surface area contributed by atoms with E-state index in [1.807, 2.05) is 36.4 Å². The molecule has 32 heavy (non-hydrogen) atoms. The number of halogens is 1. The second-order valence-electron chi connectivity index (χ2n) is 7.81. The molecule has 0 saturated heterocycles. The van der Waals surface area contributed by atoms with Crippen LogP contribution in [0.1, 0.15) is 29.8 Å². The summed E-state index contributed by atoms with van der Waals surface area (Å²) in [5, 5.41) is 22.1. The second-order valence-corrected chi connectivity index (χ2v) is 8.24. The SMILES string of the molecule is CC(C)(Oc1ccc(-c2ccc(CCNC(=O)c3cc(Cl)ccc3O)cc2)cc1)C(=O)O. The summed E-state index contributed by atoms with van der Waals surface area (Å²) in [6.45, 7) is 3.42. The van der Waals surface area contributed by atoms with E-state index in [0.717, 1.165) is 16.7 Å². The average Bonchev–Trinajstić information content (AvgIpc) is 2.76. The molecule has 0 saturated carbocycles. The van der Waals surface area contributed by atoms with Gasteiger partial charge in [-0.15, -0.1) is 0 Å². The lowest BCUT2D eigenvalue weighted by Crippen LogP contribution is -2.37. The molecule has 0 spiro atoms. The van der Waals surface area contributed by atoms with Gasteiger partial charge in [0.2, 0.25) is 0 Å². The van der Waals surface area contributed by atoms with Crippen LogP contribution in [0.2, 0.25) is 5.02 Å². The minimum atomic E-state index is -1.30. The molecule has 0 aliphatic heterocycles. The van der Waals surface area contributed by atoms with Gasteiger partial charge in [-0.2, -0.15) is 0 Å². The van der Waals surface area contributed by atoms with Gasteiger partial charge in [-0.25, -0.2) is 4.79 Å². The monoisotopic (exact) mass is 453 g/mol. The van der Waals surface area contributed by atoms with E-state index in [1.54, 1.807) is 12.1 Å². The van der Waals surface area contributed by atoms with Crippen molar-refractivity contribution in [2.24, 2.45) is 0 Å². The third kappa shape index (κ3) is 5.80. The van der Waals surface area contributed by atoms with E-state index >= 15 is 0 Å². The third-order valence-corrected chi connectivity index (χ3v) is 5.17. The van der Waals surface area contributed by atoms with Crippen molar-refractivity contribution in [1.29, 1.82) is 0 Å². The van der Waals surface area contributed by atoms with Crippen LogP contribution in [0.4, 0.5) is 0 Å². The topological polar surface area (TPSA) is 95.9 Å². The van der Waals surface area contributed by atoms with Gasteiger partial charge in [-0.1, -0.05) is 48.0 Å². The molecule has 0 aliphatic carbocycles. The summed E-state index contributed by atoms with van der Waals surface area (Å²) in [6.07, 6.45) is 0.629. The van der Waals surface area contributed by atoms with Crippen molar-refractivity contribution >= 4 is 23.5 Å². The van der Waals surface area contributed by atoms with Crippen LogP contribution in [0.25, 0.3) is 11.1 Å². The number of carboxylic acid groups (broad SMARTS) is 1. The predicted molar refractivity (Wildman–Crippen MR) is 123 cm³/mol. The Bertz CT molecular complexity index is 1110. The number of benzene rings is 3. The fourth-order valence-corrected chi connectivity index (χ4v) is 3.20. The molecule has 3 aromatic carbocycles. The normalized spacial score (nSPS) is 11.1. The van der Waals surface area contributed by atoms with Crippen molar-refractivity contribution in [3.63, 3.8) is 0 Å². The number of carboxylic acids is 1. The zero-order valence-electron chi connectivity index (χ0n) is 17.8. The molecule has 0 radical (unpaired) electrons. The molecule has 3 rings (SSSR count). The van der Waals surface area contributed by atoms with E-state index in [9.17, 15) is 14.7 Å². The van der Waals surface area contributed by atoms with Crippen LogP contribution in [-0.2, 0) is 11.2 Å². The Hall–Kier alpha value is -3.51. The van der Waals surface area contributed by atoms with Gasteiger partial charge in [0.1, 0.15) is 11.5 Å². The summed E-state index contributed by atoms with van der Waals surface area (Å²) in [5.74, 6) is -1.04. The molecule has 0 bridgehead atoms. The first-order valence-electron chi connectivity index (χ1n) is 10.0. The number of hydrogen-bond acceptors (Lipinski definition) is 4. The number of hydrogen-bond donors (Lipinski definition) is 3. The summed E-state index contributed by atoms with van der Waals surface area (Å²) in [4.78, 5) is 23.4. The number of aromatic hydroxyl groups is 1. The number of rotatable bonds is 8. The minimum Gasteiger partial charge on any atom is -0.507 e. The van der Waals surface area contributed by atoms with E-state index in [0.29, 0.717) is 23.7 Å². The lowest BCUT2D eigenvalue weighted by Gasteiger charge is -2.21. The van der Waals surface area contributed by atoms with Crippen LogP contribution in [0.5, 0.6) is 11.5 Å². The van der Waals surface area contributed by atoms with E-state index in [1.165, 1.54) is 32.0 Å². The van der Waals surface area contributed by atoms with Gasteiger partial charge in [0, 0.05) is 11.6 Å². The summed E-state index contributed by atoms with van der Waals surface area (Å²) >= 11 is 5.88. The average molecular weight is 454 g/mol. The van der Waals surface area contributed by atoms with E-state index < -0.39 is 11.6 Å². The van der Waals surface area contributed by atoms with Crippen molar-refractivity contribution < 1.29 is 24.5 Å². The summed E-state index contributed by atoms with van der Waals surface area (Å²) in [6, 6.07) is 19.5. The number of carbonyl (C=O) groups excluding carboxylic acids is 1. The van der Waals surface area contributed by atoms with Crippen molar-refractivity contribution in [2.75, 3.05) is 6.54 Å². The van der Waals surface area contributed by atoms with Crippen molar-refractivity contribution in [3.8, 4) is 22.6 Å². The van der Waals surface area contributed by atoms with Gasteiger partial charge in [-0.3, -0.25) is 4.79 Å². The van der Waals surface area contributed by atoms with Gasteiger partial charge in [0.05, 0.1) is 5.56 Å². The van der Waals surface area contributed by atoms with E-state index in [-0.39, 0.29) is 17.2 Å². The standard InChI is InChI=1S/C25H24ClNO5/c1-25(2,24(30)31)32-20-10-7-18(8-11-20)17-5-3-16(4-6-17)13-14-27-23(29)21-15-19(26)9-12-22(21)28/h3-12,15,28H,13-14H2,1-2H3,(H,27,29)(H,30,31). The Morgan fingerprint density at radius 3 is 2.16 bits per heavy atom. The molecule has 166 valence electrons. The molecule has 0 unspecified atom stereocenters. The molecule has 6 nitrogen and oxygen atoms in total. The fourth-order valence-electron chi connectivity index (χ4n) is 3.02. The molecule has 0 aliphatic rings. The maximum Gasteiger partial charge on any atom is 0.347 e. The molecule has 7 heteroatoms. The maximum absolute atomic E-state index is 12.2. The Kier molecular flexibility index (Phi) is 7.05. The zero-order valence-corrected chi connectivity index (χ0v) is 18.5. The number of phenols is 1. The number of nitrogens with one attached hydrogen (secondary N) is 1. The first kappa shape index (κ1) is 23.2. The molecule has 0 heterocycles. The molecular weight excluding hydrogens is 430 g/mol. The molecule has 0 atom stereocenters. The summed E-state index contributed by atoms with van der Waals surface area (Å²) in [5.41, 5.74) is 1.87. The first-order chi connectivity index (χ1) is 15.2. The maximum atomic E-state index is 12.2. The second kappa shape index (κ2) is 9.75. The fraction of sp³-hybridized carbons (Fsp3) is 0.200. The van der Waals surface area contributed by atoms with Gasteiger partial charge in [0.15, 0.2) is 5.60 Å². The quantitative estimate of drug-likeness (QED) is 0.449. The van der Waals surface area contributed by atoms with Crippen molar-refractivity contribution in [1.82, 2.24) is 5.32 Å². The minimum absolute atomic E-state index is 0.112. The van der Waals surface area contributed by atoms with Gasteiger partial charge in [-0.05, 0) is 67.3 Å². The van der Waals surface area contributed by atoms with Gasteiger partial charge in [0.25, 0.3) is 5.91 Å². The van der Waals surface area contributed by atoms with Crippen molar-refractivity contribution in [3.05, 3.63) is 82.9 Å². The zero-order chi connectivity index (χ0) is 23.3. The number of phenolic OH excluding ortho intramolecular Hbond substituents is 1. The van der Waals surface area contributed by atoms with Crippen LogP contribution in [0.3, 0.4) is 0 Å². The van der Waals surface area contributed by atoms with E-state index in [2.05, 4.69) is 5.32 Å². The molecular formula is C25H24ClNO5. The van der Waals surface area contributed by atoms with Crippen LogP contribution in [0, 0.1) is 0 Å². The highest BCUT2D eigenvalue weighted by Gasteiger charge is 2.29. The summed E-state index contributed by atoms with van der Waals surface area (Å²) in [7, 11) is 0. The van der Waals surface area contributed by atoms with Crippen molar-refractivity contribution in [2.45, 2.75) is 25.9 Å². The molecule has 3 N–H and O–H groups in total. The van der Waals surface area contributed by atoms with Gasteiger partial charge < -0.3 is 20.3 Å². The highest BCUT2D eigenvalue weighted by atomic mass is 35.5. The third-order valence-electron chi connectivity index (χ3n) is 4.93.